The molecule has 1 rings (SSSR count). The monoisotopic (exact) mass is 397 g/mol. The zero-order valence-corrected chi connectivity index (χ0v) is 18.0. The van der Waals surface area contributed by atoms with Crippen LogP contribution in [0.15, 0.2) is 23.2 Å². The van der Waals surface area contributed by atoms with E-state index in [0.29, 0.717) is 19.0 Å². The molecule has 2 N–H and O–H groups in total. The summed E-state index contributed by atoms with van der Waals surface area (Å²) in [5, 5.41) is 6.27. The molecule has 0 aliphatic heterocycles. The highest BCUT2D eigenvalue weighted by atomic mass is 32.2. The van der Waals surface area contributed by atoms with Crippen molar-refractivity contribution in [2.45, 2.75) is 53.0 Å². The maximum atomic E-state index is 11.6. The maximum Gasteiger partial charge on any atom is 0.191 e. The van der Waals surface area contributed by atoms with Crippen molar-refractivity contribution in [2.24, 2.45) is 4.99 Å². The molecule has 1 aromatic carbocycles. The number of hydrogen-bond acceptors (Lipinski definition) is 4. The largest absolute Gasteiger partial charge is 0.493 e. The Bertz CT molecular complexity index is 688. The van der Waals surface area contributed by atoms with Crippen LogP contribution in [0.4, 0.5) is 0 Å². The standard InChI is InChI=1S/C20H35N3O3S/c1-5-7-8-9-13-26-19-15-17(3)10-11-18(19)16-23-20(21-4)22-12-14-27(24,25)6-2/h10-11,15H,5-9,12-14,16H2,1-4H3,(H2,21,22,23). The quantitative estimate of drug-likeness (QED) is 0.322. The molecular formula is C20H35N3O3S. The Hall–Kier alpha value is -1.76. The van der Waals surface area contributed by atoms with Gasteiger partial charge in [0.25, 0.3) is 0 Å². The van der Waals surface area contributed by atoms with Crippen molar-refractivity contribution in [2.75, 3.05) is 31.7 Å². The number of nitrogens with zero attached hydrogens (tertiary/aromatic N) is 1. The predicted octanol–water partition coefficient (Wildman–Crippen LogP) is 3.05. The number of aryl methyl sites for hydroxylation is 1. The molecule has 0 saturated heterocycles. The third kappa shape index (κ3) is 9.65. The zero-order valence-electron chi connectivity index (χ0n) is 17.2. The van der Waals surface area contributed by atoms with Gasteiger partial charge >= 0.3 is 0 Å². The molecule has 154 valence electrons. The predicted molar refractivity (Wildman–Crippen MR) is 113 cm³/mol. The van der Waals surface area contributed by atoms with Crippen LogP contribution in [0, 0.1) is 6.92 Å². The van der Waals surface area contributed by atoms with Gasteiger partial charge in [-0.3, -0.25) is 4.99 Å². The van der Waals surface area contributed by atoms with Crippen molar-refractivity contribution in [3.63, 3.8) is 0 Å². The van der Waals surface area contributed by atoms with Crippen molar-refractivity contribution in [1.29, 1.82) is 0 Å². The molecule has 27 heavy (non-hydrogen) atoms. The molecule has 6 nitrogen and oxygen atoms in total. The molecule has 0 heterocycles. The Morgan fingerprint density at radius 2 is 1.93 bits per heavy atom. The summed E-state index contributed by atoms with van der Waals surface area (Å²) in [6.07, 6.45) is 4.70. The lowest BCUT2D eigenvalue weighted by molar-refractivity contribution is 0.301. The van der Waals surface area contributed by atoms with Crippen molar-refractivity contribution >= 4 is 15.8 Å². The Morgan fingerprint density at radius 3 is 2.59 bits per heavy atom. The number of guanidine groups is 1. The maximum absolute atomic E-state index is 11.6. The Labute approximate surface area is 164 Å². The van der Waals surface area contributed by atoms with Gasteiger partial charge in [0, 0.05) is 31.5 Å². The van der Waals surface area contributed by atoms with E-state index in [1.54, 1.807) is 14.0 Å². The number of rotatable bonds is 12. The highest BCUT2D eigenvalue weighted by Gasteiger charge is 2.09. The van der Waals surface area contributed by atoms with Crippen molar-refractivity contribution < 1.29 is 13.2 Å². The van der Waals surface area contributed by atoms with Crippen molar-refractivity contribution in [3.8, 4) is 5.75 Å². The average Bonchev–Trinajstić information content (AvgIpc) is 2.65. The fourth-order valence-electron chi connectivity index (χ4n) is 2.52. The lowest BCUT2D eigenvalue weighted by Crippen LogP contribution is -2.39. The average molecular weight is 398 g/mol. The van der Waals surface area contributed by atoms with Gasteiger partial charge in [-0.2, -0.15) is 0 Å². The molecule has 0 spiro atoms. The van der Waals surface area contributed by atoms with Gasteiger partial charge in [-0.25, -0.2) is 8.42 Å². The van der Waals surface area contributed by atoms with Gasteiger partial charge in [0.05, 0.1) is 12.4 Å². The minimum absolute atomic E-state index is 0.0981. The first-order valence-corrected chi connectivity index (χ1v) is 11.6. The zero-order chi connectivity index (χ0) is 20.1. The fraction of sp³-hybridized carbons (Fsp3) is 0.650. The van der Waals surface area contributed by atoms with Gasteiger partial charge in [0.15, 0.2) is 15.8 Å². The van der Waals surface area contributed by atoms with Gasteiger partial charge in [-0.1, -0.05) is 45.2 Å². The molecule has 0 saturated carbocycles. The van der Waals surface area contributed by atoms with Gasteiger partial charge < -0.3 is 15.4 Å². The van der Waals surface area contributed by atoms with Crippen LogP contribution >= 0.6 is 0 Å². The lowest BCUT2D eigenvalue weighted by Gasteiger charge is -2.15. The molecule has 0 bridgehead atoms. The molecule has 0 aromatic heterocycles. The van der Waals surface area contributed by atoms with Crippen molar-refractivity contribution in [3.05, 3.63) is 29.3 Å². The summed E-state index contributed by atoms with van der Waals surface area (Å²) < 4.78 is 29.1. The first-order chi connectivity index (χ1) is 12.9. The summed E-state index contributed by atoms with van der Waals surface area (Å²) >= 11 is 0. The second kappa shape index (κ2) is 12.6. The van der Waals surface area contributed by atoms with Gasteiger partial charge in [-0.15, -0.1) is 0 Å². The van der Waals surface area contributed by atoms with Crippen LogP contribution < -0.4 is 15.4 Å². The number of unbranched alkanes of at least 4 members (excludes halogenated alkanes) is 3. The summed E-state index contributed by atoms with van der Waals surface area (Å²) in [6, 6.07) is 6.17. The minimum atomic E-state index is -2.98. The first kappa shape index (κ1) is 23.3. The van der Waals surface area contributed by atoms with E-state index in [2.05, 4.69) is 47.7 Å². The fourth-order valence-corrected chi connectivity index (χ4v) is 3.22. The molecule has 7 heteroatoms. The van der Waals surface area contributed by atoms with Crippen LogP contribution in [-0.4, -0.2) is 46.1 Å². The van der Waals surface area contributed by atoms with E-state index in [1.165, 1.54) is 19.3 Å². The van der Waals surface area contributed by atoms with Crippen LogP contribution in [0.5, 0.6) is 5.75 Å². The molecule has 1 aromatic rings. The summed E-state index contributed by atoms with van der Waals surface area (Å²) in [7, 11) is -1.31. The number of sulfone groups is 1. The van der Waals surface area contributed by atoms with Crippen LogP contribution in [0.2, 0.25) is 0 Å². The highest BCUT2D eigenvalue weighted by Crippen LogP contribution is 2.20. The number of ether oxygens (including phenoxy) is 1. The molecule has 0 aliphatic carbocycles. The summed E-state index contributed by atoms with van der Waals surface area (Å²) in [5.41, 5.74) is 2.22. The van der Waals surface area contributed by atoms with Gasteiger partial charge in [-0.05, 0) is 25.0 Å². The molecule has 0 amide bonds. The number of hydrogen-bond donors (Lipinski definition) is 2. The Morgan fingerprint density at radius 1 is 1.15 bits per heavy atom. The highest BCUT2D eigenvalue weighted by molar-refractivity contribution is 7.91. The number of nitrogens with one attached hydrogen (secondary N) is 2. The smallest absolute Gasteiger partial charge is 0.191 e. The summed E-state index contributed by atoms with van der Waals surface area (Å²) in [6.45, 7) is 7.52. The van der Waals surface area contributed by atoms with E-state index in [1.807, 2.05) is 0 Å². The molecular weight excluding hydrogens is 362 g/mol. The van der Waals surface area contributed by atoms with Crippen molar-refractivity contribution in [1.82, 2.24) is 10.6 Å². The normalized spacial score (nSPS) is 12.1. The number of aliphatic imine (C=N–C) groups is 1. The van der Waals surface area contributed by atoms with E-state index >= 15 is 0 Å². The van der Waals surface area contributed by atoms with E-state index in [9.17, 15) is 8.42 Å². The lowest BCUT2D eigenvalue weighted by atomic mass is 10.1. The van der Waals surface area contributed by atoms with E-state index in [4.69, 9.17) is 4.74 Å². The second-order valence-electron chi connectivity index (χ2n) is 6.61. The topological polar surface area (TPSA) is 79.8 Å². The molecule has 0 radical (unpaired) electrons. The molecule has 0 fully saturated rings. The third-order valence-corrected chi connectivity index (χ3v) is 6.00. The molecule has 0 unspecified atom stereocenters. The van der Waals surface area contributed by atoms with E-state index < -0.39 is 9.84 Å². The van der Waals surface area contributed by atoms with Crippen LogP contribution in [-0.2, 0) is 16.4 Å². The summed E-state index contributed by atoms with van der Waals surface area (Å²) in [5.74, 6) is 1.72. The van der Waals surface area contributed by atoms with Gasteiger partial charge in [0.2, 0.25) is 0 Å². The third-order valence-electron chi connectivity index (χ3n) is 4.29. The van der Waals surface area contributed by atoms with Crippen LogP contribution in [0.1, 0.15) is 50.7 Å². The summed E-state index contributed by atoms with van der Waals surface area (Å²) in [4.78, 5) is 4.15. The number of benzene rings is 1. The Kier molecular flexibility index (Phi) is 10.9. The molecule has 0 aliphatic rings. The minimum Gasteiger partial charge on any atom is -0.493 e. The SMILES string of the molecule is CCCCCCOc1cc(C)ccc1CNC(=NC)NCCS(=O)(=O)CC. The first-order valence-electron chi connectivity index (χ1n) is 9.79. The van der Waals surface area contributed by atoms with E-state index in [-0.39, 0.29) is 11.5 Å². The Balaban J connectivity index is 2.56. The molecule has 0 atom stereocenters. The van der Waals surface area contributed by atoms with Gasteiger partial charge in [0.1, 0.15) is 5.75 Å². The van der Waals surface area contributed by atoms with Crippen LogP contribution in [0.3, 0.4) is 0 Å². The second-order valence-corrected chi connectivity index (χ2v) is 9.08. The van der Waals surface area contributed by atoms with Crippen LogP contribution in [0.25, 0.3) is 0 Å². The van der Waals surface area contributed by atoms with E-state index in [0.717, 1.165) is 29.9 Å².